The molecule has 2 heterocycles. The van der Waals surface area contributed by atoms with Crippen molar-refractivity contribution >= 4 is 23.1 Å². The lowest BCUT2D eigenvalue weighted by Gasteiger charge is -2.08. The number of hydrogen-bond donors (Lipinski definition) is 1. The lowest BCUT2D eigenvalue weighted by Crippen LogP contribution is -2.25. The molecule has 96 valence electrons. The van der Waals surface area contributed by atoms with Gasteiger partial charge in [-0.3, -0.25) is 0 Å². The molecule has 0 atom stereocenters. The van der Waals surface area contributed by atoms with Crippen molar-refractivity contribution in [1.82, 2.24) is 0 Å². The van der Waals surface area contributed by atoms with Crippen molar-refractivity contribution in [3.05, 3.63) is 40.6 Å². The fourth-order valence-corrected chi connectivity index (χ4v) is 2.38. The van der Waals surface area contributed by atoms with Gasteiger partial charge in [0.1, 0.15) is 6.54 Å². The number of ether oxygens (including phenoxy) is 1. The first-order valence-electron chi connectivity index (χ1n) is 6.09. The lowest BCUT2D eigenvalue weighted by molar-refractivity contribution is -0.567. The van der Waals surface area contributed by atoms with E-state index >= 15 is 0 Å². The first-order chi connectivity index (χ1) is 8.90. The zero-order valence-electron chi connectivity index (χ0n) is 10.3. The lowest BCUT2D eigenvalue weighted by atomic mass is 10.2. The van der Waals surface area contributed by atoms with Gasteiger partial charge in [0.25, 0.3) is 0 Å². The van der Waals surface area contributed by atoms with Crippen molar-refractivity contribution in [3.8, 4) is 0 Å². The van der Waals surface area contributed by atoms with Crippen molar-refractivity contribution in [3.63, 3.8) is 0 Å². The van der Waals surface area contributed by atoms with E-state index in [4.69, 9.17) is 9.84 Å². The molecule has 0 fully saturated rings. The highest BCUT2D eigenvalue weighted by molar-refractivity contribution is 7.10. The van der Waals surface area contributed by atoms with Crippen LogP contribution < -0.4 is 0 Å². The molecule has 1 aliphatic heterocycles. The molecule has 1 aromatic heterocycles. The Kier molecular flexibility index (Phi) is 5.33. The molecule has 0 bridgehead atoms. The van der Waals surface area contributed by atoms with E-state index in [1.807, 2.05) is 6.07 Å². The third-order valence-corrected chi connectivity index (χ3v) is 3.50. The molecule has 1 aliphatic rings. The summed E-state index contributed by atoms with van der Waals surface area (Å²) in [6, 6.07) is 4.15. The summed E-state index contributed by atoms with van der Waals surface area (Å²) < 4.78 is 7.56. The quantitative estimate of drug-likeness (QED) is 0.630. The van der Waals surface area contributed by atoms with Gasteiger partial charge in [0, 0.05) is 23.5 Å². The van der Waals surface area contributed by atoms with E-state index in [0.717, 1.165) is 18.7 Å². The van der Waals surface area contributed by atoms with Crippen LogP contribution >= 0.6 is 11.3 Å². The van der Waals surface area contributed by atoms with Gasteiger partial charge in [0.15, 0.2) is 0 Å². The number of rotatable bonds is 6. The van der Waals surface area contributed by atoms with E-state index in [-0.39, 0.29) is 6.61 Å². The third-order valence-electron chi connectivity index (χ3n) is 2.66. The van der Waals surface area contributed by atoms with Gasteiger partial charge < -0.3 is 9.84 Å². The summed E-state index contributed by atoms with van der Waals surface area (Å²) in [5.74, 6) is 0. The first kappa shape index (κ1) is 13.2. The van der Waals surface area contributed by atoms with Crippen molar-refractivity contribution in [1.29, 1.82) is 0 Å². The highest BCUT2D eigenvalue weighted by atomic mass is 32.1. The Morgan fingerprint density at radius 1 is 1.44 bits per heavy atom. The molecule has 0 aromatic carbocycles. The van der Waals surface area contributed by atoms with Crippen LogP contribution in [0.5, 0.6) is 0 Å². The number of allylic oxidation sites excluding steroid dienone is 2. The highest BCUT2D eigenvalue weighted by Gasteiger charge is 2.12. The maximum atomic E-state index is 8.71. The number of nitrogens with zero attached hydrogens (tertiary/aromatic N) is 1. The van der Waals surface area contributed by atoms with Crippen LogP contribution in [0.15, 0.2) is 35.7 Å². The molecule has 4 heteroatoms. The molecule has 0 spiro atoms. The average molecular weight is 264 g/mol. The van der Waals surface area contributed by atoms with Gasteiger partial charge in [0.2, 0.25) is 12.4 Å². The summed E-state index contributed by atoms with van der Waals surface area (Å²) in [5.41, 5.74) is 1.16. The summed E-state index contributed by atoms with van der Waals surface area (Å²) in [7, 11) is 0. The van der Waals surface area contributed by atoms with Gasteiger partial charge in [-0.2, -0.15) is 0 Å². The van der Waals surface area contributed by atoms with Crippen LogP contribution in [0, 0.1) is 0 Å². The number of aliphatic hydroxyl groups excluding tert-OH is 1. The molecule has 0 unspecified atom stereocenters. The Morgan fingerprint density at radius 3 is 3.17 bits per heavy atom. The largest absolute Gasteiger partial charge is 0.394 e. The van der Waals surface area contributed by atoms with Gasteiger partial charge in [-0.25, -0.2) is 4.58 Å². The molecule has 0 amide bonds. The van der Waals surface area contributed by atoms with Crippen LogP contribution in [0.4, 0.5) is 0 Å². The fourth-order valence-electron chi connectivity index (χ4n) is 1.76. The standard InChI is InChI=1S/C14H18NO2S/c16-9-10-17-12-15-8-2-1-4-13(15)6-7-14-5-3-11-18-14/h1,3-7,11,16H,2,8-10,12H2/q+1/b7-6+. The maximum absolute atomic E-state index is 8.71. The number of hydrogen-bond acceptors (Lipinski definition) is 3. The van der Waals surface area contributed by atoms with Crippen molar-refractivity contribution in [2.45, 2.75) is 6.42 Å². The van der Waals surface area contributed by atoms with Crippen LogP contribution in [-0.2, 0) is 4.74 Å². The molecule has 2 rings (SSSR count). The first-order valence-corrected chi connectivity index (χ1v) is 6.97. The van der Waals surface area contributed by atoms with Crippen LogP contribution in [0.25, 0.3) is 6.08 Å². The van der Waals surface area contributed by atoms with Crippen LogP contribution in [0.1, 0.15) is 11.3 Å². The fraction of sp³-hybridized carbons (Fsp3) is 0.357. The molecule has 3 nitrogen and oxygen atoms in total. The number of thiophene rings is 1. The monoisotopic (exact) mass is 264 g/mol. The van der Waals surface area contributed by atoms with Crippen molar-refractivity contribution in [2.24, 2.45) is 0 Å². The molecular weight excluding hydrogens is 246 g/mol. The molecule has 1 aromatic rings. The molecule has 0 saturated carbocycles. The minimum absolute atomic E-state index is 0.0735. The van der Waals surface area contributed by atoms with Crippen LogP contribution in [0.3, 0.4) is 0 Å². The van der Waals surface area contributed by atoms with E-state index in [9.17, 15) is 0 Å². The Morgan fingerprint density at radius 2 is 2.39 bits per heavy atom. The highest BCUT2D eigenvalue weighted by Crippen LogP contribution is 2.11. The predicted octanol–water partition coefficient (Wildman–Crippen LogP) is 2.14. The predicted molar refractivity (Wildman–Crippen MR) is 75.1 cm³/mol. The third kappa shape index (κ3) is 3.91. The SMILES string of the molecule is OCCOC[N+]1=C(/C=C/c2cccs2)C=CCC1. The van der Waals surface area contributed by atoms with Gasteiger partial charge in [0.05, 0.1) is 13.2 Å². The summed E-state index contributed by atoms with van der Waals surface area (Å²) in [5, 5.41) is 10.8. The summed E-state index contributed by atoms with van der Waals surface area (Å²) >= 11 is 1.73. The van der Waals surface area contributed by atoms with Gasteiger partial charge in [-0.15, -0.1) is 11.3 Å². The molecule has 18 heavy (non-hydrogen) atoms. The molecular formula is C14H18NO2S+. The van der Waals surface area contributed by atoms with E-state index in [0.29, 0.717) is 13.3 Å². The zero-order valence-corrected chi connectivity index (χ0v) is 11.1. The van der Waals surface area contributed by atoms with Crippen LogP contribution in [-0.4, -0.2) is 41.9 Å². The summed E-state index contributed by atoms with van der Waals surface area (Å²) in [6.45, 7) is 1.97. The average Bonchev–Trinajstić information content (AvgIpc) is 2.91. The number of aliphatic hydroxyl groups is 1. The summed E-state index contributed by atoms with van der Waals surface area (Å²) in [6.07, 6.45) is 9.57. The van der Waals surface area contributed by atoms with Crippen molar-refractivity contribution < 1.29 is 14.4 Å². The second-order valence-electron chi connectivity index (χ2n) is 3.99. The second kappa shape index (κ2) is 7.26. The smallest absolute Gasteiger partial charge is 0.247 e. The van der Waals surface area contributed by atoms with Gasteiger partial charge in [-0.05, 0) is 17.5 Å². The molecule has 0 aliphatic carbocycles. The Bertz CT molecular complexity index is 446. The minimum atomic E-state index is 0.0735. The summed E-state index contributed by atoms with van der Waals surface area (Å²) in [4.78, 5) is 1.25. The van der Waals surface area contributed by atoms with E-state index in [1.54, 1.807) is 11.3 Å². The second-order valence-corrected chi connectivity index (χ2v) is 4.97. The molecule has 0 radical (unpaired) electrons. The maximum Gasteiger partial charge on any atom is 0.247 e. The Hall–Kier alpha value is -1.23. The zero-order chi connectivity index (χ0) is 12.6. The normalized spacial score (nSPS) is 15.8. The van der Waals surface area contributed by atoms with E-state index < -0.39 is 0 Å². The van der Waals surface area contributed by atoms with Crippen molar-refractivity contribution in [2.75, 3.05) is 26.5 Å². The molecule has 0 saturated heterocycles. The van der Waals surface area contributed by atoms with E-state index in [1.165, 1.54) is 4.88 Å². The topological polar surface area (TPSA) is 32.5 Å². The minimum Gasteiger partial charge on any atom is -0.394 e. The Balaban J connectivity index is 2.03. The van der Waals surface area contributed by atoms with Gasteiger partial charge in [-0.1, -0.05) is 12.1 Å². The van der Waals surface area contributed by atoms with Crippen LogP contribution in [0.2, 0.25) is 0 Å². The molecule has 1 N–H and O–H groups in total. The van der Waals surface area contributed by atoms with Gasteiger partial charge >= 0.3 is 0 Å². The Labute approximate surface area is 111 Å². The van der Waals surface area contributed by atoms with E-state index in [2.05, 4.69) is 40.3 Å².